The van der Waals surface area contributed by atoms with Gasteiger partial charge in [-0.15, -0.1) is 26.3 Å². The van der Waals surface area contributed by atoms with Crippen LogP contribution in [0.3, 0.4) is 0 Å². The molecule has 0 saturated heterocycles. The normalized spacial score (nSPS) is 15.0. The van der Waals surface area contributed by atoms with E-state index in [9.17, 15) is 0 Å². The second kappa shape index (κ2) is 11.8. The third kappa shape index (κ3) is 9.52. The van der Waals surface area contributed by atoms with E-state index in [-0.39, 0.29) is 12.2 Å². The molecule has 0 radical (unpaired) electrons. The zero-order valence-corrected chi connectivity index (χ0v) is 12.8. The van der Waals surface area contributed by atoms with E-state index < -0.39 is 0 Å². The maximum Gasteiger partial charge on any atom is 0.0817 e. The Kier molecular flexibility index (Phi) is 10.7. The first-order valence-corrected chi connectivity index (χ1v) is 7.08. The summed E-state index contributed by atoms with van der Waals surface area (Å²) < 4.78 is 6.04. The molecule has 0 aromatic rings. The van der Waals surface area contributed by atoms with Gasteiger partial charge in [0, 0.05) is 24.2 Å². The summed E-state index contributed by atoms with van der Waals surface area (Å²) >= 11 is 0. The lowest BCUT2D eigenvalue weighted by Gasteiger charge is -2.20. The number of ether oxygens (including phenoxy) is 1. The molecule has 0 amide bonds. The maximum atomic E-state index is 6.04. The maximum absolute atomic E-state index is 6.04. The Bertz CT molecular complexity index is 369. The molecule has 0 aliphatic carbocycles. The lowest BCUT2D eigenvalue weighted by molar-refractivity contribution is 0.0440. The van der Waals surface area contributed by atoms with Crippen LogP contribution in [-0.4, -0.2) is 12.2 Å². The van der Waals surface area contributed by atoms with Crippen LogP contribution in [0.15, 0.2) is 74.2 Å². The van der Waals surface area contributed by atoms with Crippen LogP contribution in [0.1, 0.15) is 25.7 Å². The Morgan fingerprint density at radius 3 is 1.43 bits per heavy atom. The molecule has 0 aliphatic rings. The van der Waals surface area contributed by atoms with Crippen molar-refractivity contribution in [2.45, 2.75) is 37.9 Å². The van der Waals surface area contributed by atoms with Gasteiger partial charge in [-0.2, -0.15) is 0 Å². The first kappa shape index (κ1) is 19.0. The highest BCUT2D eigenvalue weighted by atomic mass is 16.5. The van der Waals surface area contributed by atoms with Crippen molar-refractivity contribution in [2.75, 3.05) is 0 Å². The van der Waals surface area contributed by atoms with Crippen LogP contribution < -0.4 is 11.5 Å². The van der Waals surface area contributed by atoms with E-state index >= 15 is 0 Å². The van der Waals surface area contributed by atoms with Gasteiger partial charge in [0.1, 0.15) is 0 Å². The van der Waals surface area contributed by atoms with Crippen molar-refractivity contribution >= 4 is 0 Å². The van der Waals surface area contributed by atoms with Crippen LogP contribution in [-0.2, 0) is 4.74 Å². The van der Waals surface area contributed by atoms with Crippen molar-refractivity contribution in [1.29, 1.82) is 0 Å². The molecule has 0 rings (SSSR count). The third-order valence-electron chi connectivity index (χ3n) is 2.71. The Morgan fingerprint density at radius 1 is 0.762 bits per heavy atom. The van der Waals surface area contributed by atoms with Crippen LogP contribution in [0.25, 0.3) is 0 Å². The summed E-state index contributed by atoms with van der Waals surface area (Å²) in [5.74, 6) is 0. The fourth-order valence-corrected chi connectivity index (χ4v) is 1.83. The molecule has 21 heavy (non-hydrogen) atoms. The number of hydrogen-bond donors (Lipinski definition) is 2. The molecule has 3 heteroatoms. The molecule has 0 spiro atoms. The largest absolute Gasteiger partial charge is 0.402 e. The van der Waals surface area contributed by atoms with E-state index in [4.69, 9.17) is 16.2 Å². The first-order chi connectivity index (χ1) is 10.1. The van der Waals surface area contributed by atoms with Crippen molar-refractivity contribution in [3.05, 3.63) is 74.2 Å². The highest BCUT2D eigenvalue weighted by Gasteiger charge is 2.12. The monoisotopic (exact) mass is 288 g/mol. The Labute approximate surface area is 129 Å². The zero-order valence-electron chi connectivity index (χ0n) is 12.8. The summed E-state index contributed by atoms with van der Waals surface area (Å²) in [6, 6.07) is 0. The van der Waals surface area contributed by atoms with Crippen molar-refractivity contribution in [2.24, 2.45) is 11.5 Å². The highest BCUT2D eigenvalue weighted by Crippen LogP contribution is 2.13. The second-order valence-electron chi connectivity index (χ2n) is 4.73. The molecule has 0 fully saturated rings. The topological polar surface area (TPSA) is 61.3 Å². The second-order valence-corrected chi connectivity index (χ2v) is 4.73. The standard InChI is InChI=1S/C18H28N2O/c1-5-9-15(19)13-17(11-7-3)21-18(12-8-4)14-16(20)10-6-2/h5-8,13-14,17-18H,1-4,9-12,19-20H2. The smallest absolute Gasteiger partial charge is 0.0817 e. The van der Waals surface area contributed by atoms with Crippen LogP contribution in [0, 0.1) is 0 Å². The van der Waals surface area contributed by atoms with Gasteiger partial charge in [0.15, 0.2) is 0 Å². The van der Waals surface area contributed by atoms with Gasteiger partial charge in [0.25, 0.3) is 0 Å². The van der Waals surface area contributed by atoms with E-state index in [1.807, 2.05) is 24.3 Å². The summed E-state index contributed by atoms with van der Waals surface area (Å²) in [5, 5.41) is 0. The fraction of sp³-hybridized carbons (Fsp3) is 0.333. The van der Waals surface area contributed by atoms with E-state index in [0.29, 0.717) is 25.7 Å². The molecule has 3 nitrogen and oxygen atoms in total. The zero-order chi connectivity index (χ0) is 16.1. The quantitative estimate of drug-likeness (QED) is 0.538. The van der Waals surface area contributed by atoms with Gasteiger partial charge in [-0.05, 0) is 25.0 Å². The molecule has 2 atom stereocenters. The van der Waals surface area contributed by atoms with Crippen LogP contribution in [0.5, 0.6) is 0 Å². The van der Waals surface area contributed by atoms with Gasteiger partial charge < -0.3 is 16.2 Å². The Hall–Kier alpha value is -2.00. The predicted octanol–water partition coefficient (Wildman–Crippen LogP) is 3.73. The van der Waals surface area contributed by atoms with Crippen molar-refractivity contribution < 1.29 is 4.74 Å². The number of hydrogen-bond acceptors (Lipinski definition) is 3. The first-order valence-electron chi connectivity index (χ1n) is 7.08. The van der Waals surface area contributed by atoms with Crippen molar-refractivity contribution in [3.8, 4) is 0 Å². The Morgan fingerprint density at radius 2 is 1.14 bits per heavy atom. The van der Waals surface area contributed by atoms with Gasteiger partial charge >= 0.3 is 0 Å². The van der Waals surface area contributed by atoms with Gasteiger partial charge in [0.2, 0.25) is 0 Å². The number of allylic oxidation sites excluding steroid dienone is 2. The molecule has 0 aromatic carbocycles. The summed E-state index contributed by atoms with van der Waals surface area (Å²) in [6.07, 6.45) is 13.3. The molecule has 0 aromatic heterocycles. The predicted molar refractivity (Wildman–Crippen MR) is 92.5 cm³/mol. The van der Waals surface area contributed by atoms with Crippen molar-refractivity contribution in [3.63, 3.8) is 0 Å². The molecular formula is C18H28N2O. The SMILES string of the molecule is C=CCC(N)=CC(CC=C)OC(C=C(N)CC=C)CC=C. The van der Waals surface area contributed by atoms with Crippen LogP contribution in [0.2, 0.25) is 0 Å². The molecule has 0 bridgehead atoms. The molecular weight excluding hydrogens is 260 g/mol. The number of nitrogens with two attached hydrogens (primary N) is 2. The lowest BCUT2D eigenvalue weighted by atomic mass is 10.1. The molecule has 0 aliphatic heterocycles. The average molecular weight is 288 g/mol. The van der Waals surface area contributed by atoms with Crippen molar-refractivity contribution in [1.82, 2.24) is 0 Å². The van der Waals surface area contributed by atoms with E-state index in [1.165, 1.54) is 0 Å². The van der Waals surface area contributed by atoms with Gasteiger partial charge in [0.05, 0.1) is 12.2 Å². The summed E-state index contributed by atoms with van der Waals surface area (Å²) in [5.41, 5.74) is 13.3. The van der Waals surface area contributed by atoms with Gasteiger partial charge in [-0.25, -0.2) is 0 Å². The summed E-state index contributed by atoms with van der Waals surface area (Å²) in [4.78, 5) is 0. The highest BCUT2D eigenvalue weighted by molar-refractivity contribution is 5.09. The van der Waals surface area contributed by atoms with E-state index in [0.717, 1.165) is 11.4 Å². The Balaban J connectivity index is 4.95. The fourth-order valence-electron chi connectivity index (χ4n) is 1.83. The molecule has 0 heterocycles. The third-order valence-corrected chi connectivity index (χ3v) is 2.71. The van der Waals surface area contributed by atoms with E-state index in [1.54, 1.807) is 12.2 Å². The average Bonchev–Trinajstić information content (AvgIpc) is 2.39. The van der Waals surface area contributed by atoms with Gasteiger partial charge in [-0.1, -0.05) is 24.3 Å². The molecule has 0 saturated carbocycles. The minimum Gasteiger partial charge on any atom is -0.402 e. The lowest BCUT2D eigenvalue weighted by Crippen LogP contribution is -2.21. The number of rotatable bonds is 12. The summed E-state index contributed by atoms with van der Waals surface area (Å²) in [7, 11) is 0. The van der Waals surface area contributed by atoms with Gasteiger partial charge in [-0.3, -0.25) is 0 Å². The molecule has 116 valence electrons. The minimum atomic E-state index is -0.139. The van der Waals surface area contributed by atoms with Crippen LogP contribution >= 0.6 is 0 Å². The molecule has 2 unspecified atom stereocenters. The van der Waals surface area contributed by atoms with E-state index in [2.05, 4.69) is 26.3 Å². The molecule has 4 N–H and O–H groups in total. The minimum absolute atomic E-state index is 0.139. The van der Waals surface area contributed by atoms with Crippen LogP contribution in [0.4, 0.5) is 0 Å². The summed E-state index contributed by atoms with van der Waals surface area (Å²) in [6.45, 7) is 14.9.